The molecule has 15 heavy (non-hydrogen) atoms. The molecule has 4 nitrogen and oxygen atoms in total. The molecule has 0 bridgehead atoms. The van der Waals surface area contributed by atoms with Crippen LogP contribution in [0.25, 0.3) is 0 Å². The Hall–Kier alpha value is -1.58. The van der Waals surface area contributed by atoms with Crippen molar-refractivity contribution in [2.24, 2.45) is 0 Å². The molecule has 0 spiro atoms. The van der Waals surface area contributed by atoms with E-state index in [9.17, 15) is 9.59 Å². The maximum Gasteiger partial charge on any atom is 0.339 e. The lowest BCUT2D eigenvalue weighted by molar-refractivity contribution is -0.107. The van der Waals surface area contributed by atoms with Crippen molar-refractivity contribution in [2.45, 2.75) is 26.7 Å². The maximum atomic E-state index is 11.4. The zero-order valence-corrected chi connectivity index (χ0v) is 9.22. The van der Waals surface area contributed by atoms with E-state index >= 15 is 0 Å². The molecule has 1 aromatic heterocycles. The van der Waals surface area contributed by atoms with Crippen LogP contribution in [0.5, 0.6) is 0 Å². The van der Waals surface area contributed by atoms with Gasteiger partial charge in [0.1, 0.15) is 6.29 Å². The molecule has 0 atom stereocenters. The van der Waals surface area contributed by atoms with Crippen LogP contribution in [0.2, 0.25) is 0 Å². The number of carbonyl (C=O) groups excluding carboxylic acids is 2. The maximum absolute atomic E-state index is 11.4. The molecule has 1 rings (SSSR count). The van der Waals surface area contributed by atoms with Gasteiger partial charge in [-0.25, -0.2) is 4.79 Å². The average molecular weight is 209 g/mol. The Kier molecular flexibility index (Phi) is 3.66. The molecule has 0 aliphatic rings. The summed E-state index contributed by atoms with van der Waals surface area (Å²) < 4.78 is 4.69. The van der Waals surface area contributed by atoms with E-state index in [2.05, 4.69) is 9.72 Å². The first-order chi connectivity index (χ1) is 7.11. The van der Waals surface area contributed by atoms with Crippen LogP contribution in [0.15, 0.2) is 0 Å². The van der Waals surface area contributed by atoms with Crippen molar-refractivity contribution in [3.05, 3.63) is 22.5 Å². The molecular weight excluding hydrogens is 194 g/mol. The Balaban J connectivity index is 3.03. The molecule has 1 aromatic rings. The predicted octanol–water partition coefficient (Wildman–Crippen LogP) is 1.55. The number of carbonyl (C=O) groups is 2. The number of nitrogens with one attached hydrogen (secondary N) is 1. The van der Waals surface area contributed by atoms with E-state index in [0.717, 1.165) is 23.2 Å². The zero-order chi connectivity index (χ0) is 11.4. The number of aryl methyl sites for hydroxylation is 2. The molecule has 1 heterocycles. The highest BCUT2D eigenvalue weighted by molar-refractivity contribution is 5.92. The van der Waals surface area contributed by atoms with E-state index in [1.807, 2.05) is 13.8 Å². The summed E-state index contributed by atoms with van der Waals surface area (Å²) in [5, 5.41) is 0. The number of esters is 1. The fraction of sp³-hybridized carbons (Fsp3) is 0.455. The molecule has 0 amide bonds. The standard InChI is InChI=1S/C11H15NO3/c1-7-9(5-4-6-13)12-8(2)10(7)11(14)15-3/h6,12H,4-5H2,1-3H3. The zero-order valence-electron chi connectivity index (χ0n) is 9.22. The van der Waals surface area contributed by atoms with Gasteiger partial charge < -0.3 is 14.5 Å². The van der Waals surface area contributed by atoms with Crippen LogP contribution in [0, 0.1) is 13.8 Å². The number of aldehydes is 1. The lowest BCUT2D eigenvalue weighted by atomic mass is 10.1. The van der Waals surface area contributed by atoms with Crippen molar-refractivity contribution in [3.8, 4) is 0 Å². The third kappa shape index (κ3) is 2.26. The predicted molar refractivity (Wildman–Crippen MR) is 56.0 cm³/mol. The number of aromatic amines is 1. The topological polar surface area (TPSA) is 59.2 Å². The summed E-state index contributed by atoms with van der Waals surface area (Å²) >= 11 is 0. The van der Waals surface area contributed by atoms with Gasteiger partial charge in [0.05, 0.1) is 12.7 Å². The second kappa shape index (κ2) is 4.77. The first-order valence-corrected chi connectivity index (χ1v) is 4.81. The van der Waals surface area contributed by atoms with Crippen LogP contribution in [0.4, 0.5) is 0 Å². The normalized spacial score (nSPS) is 10.1. The molecule has 0 aromatic carbocycles. The third-order valence-electron chi connectivity index (χ3n) is 2.44. The lowest BCUT2D eigenvalue weighted by Crippen LogP contribution is -2.03. The number of hydrogen-bond acceptors (Lipinski definition) is 3. The smallest absolute Gasteiger partial charge is 0.339 e. The first-order valence-electron chi connectivity index (χ1n) is 4.81. The fourth-order valence-corrected chi connectivity index (χ4v) is 1.68. The van der Waals surface area contributed by atoms with E-state index in [1.54, 1.807) is 0 Å². The van der Waals surface area contributed by atoms with Gasteiger partial charge in [0.2, 0.25) is 0 Å². The SMILES string of the molecule is COC(=O)c1c(C)[nH]c(CCC=O)c1C. The minimum Gasteiger partial charge on any atom is -0.465 e. The highest BCUT2D eigenvalue weighted by Gasteiger charge is 2.17. The molecule has 0 fully saturated rings. The number of ether oxygens (including phenoxy) is 1. The van der Waals surface area contributed by atoms with Gasteiger partial charge >= 0.3 is 5.97 Å². The molecule has 0 unspecified atom stereocenters. The number of aromatic nitrogens is 1. The van der Waals surface area contributed by atoms with Gasteiger partial charge in [0.15, 0.2) is 0 Å². The van der Waals surface area contributed by atoms with E-state index in [4.69, 9.17) is 0 Å². The Morgan fingerprint density at radius 3 is 2.67 bits per heavy atom. The largest absolute Gasteiger partial charge is 0.465 e. The van der Waals surface area contributed by atoms with E-state index in [-0.39, 0.29) is 5.97 Å². The van der Waals surface area contributed by atoms with E-state index < -0.39 is 0 Å². The highest BCUT2D eigenvalue weighted by atomic mass is 16.5. The first kappa shape index (κ1) is 11.5. The van der Waals surface area contributed by atoms with Gasteiger partial charge in [-0.3, -0.25) is 0 Å². The van der Waals surface area contributed by atoms with E-state index in [1.165, 1.54) is 7.11 Å². The molecule has 0 saturated carbocycles. The summed E-state index contributed by atoms with van der Waals surface area (Å²) in [4.78, 5) is 24.8. The van der Waals surface area contributed by atoms with Gasteiger partial charge in [0, 0.05) is 17.8 Å². The van der Waals surface area contributed by atoms with Crippen molar-refractivity contribution >= 4 is 12.3 Å². The third-order valence-corrected chi connectivity index (χ3v) is 2.44. The van der Waals surface area contributed by atoms with Gasteiger partial charge in [0.25, 0.3) is 0 Å². The second-order valence-electron chi connectivity index (χ2n) is 3.43. The second-order valence-corrected chi connectivity index (χ2v) is 3.43. The quantitative estimate of drug-likeness (QED) is 0.604. The monoisotopic (exact) mass is 209 g/mol. The molecule has 0 aliphatic heterocycles. The Morgan fingerprint density at radius 2 is 2.13 bits per heavy atom. The Morgan fingerprint density at radius 1 is 1.47 bits per heavy atom. The van der Waals surface area contributed by atoms with Crippen LogP contribution in [0.1, 0.15) is 33.7 Å². The molecule has 82 valence electrons. The molecule has 0 aliphatic carbocycles. The Bertz CT molecular complexity index is 379. The molecule has 0 saturated heterocycles. The van der Waals surface area contributed by atoms with Crippen molar-refractivity contribution in [3.63, 3.8) is 0 Å². The molecule has 1 N–H and O–H groups in total. The van der Waals surface area contributed by atoms with Crippen LogP contribution in [-0.4, -0.2) is 24.3 Å². The number of H-pyrrole nitrogens is 1. The van der Waals surface area contributed by atoms with Crippen molar-refractivity contribution in [1.82, 2.24) is 4.98 Å². The summed E-state index contributed by atoms with van der Waals surface area (Å²) in [5.41, 5.74) is 3.18. The number of methoxy groups -OCH3 is 1. The van der Waals surface area contributed by atoms with Crippen LogP contribution in [-0.2, 0) is 16.0 Å². The summed E-state index contributed by atoms with van der Waals surface area (Å²) in [7, 11) is 1.36. The van der Waals surface area contributed by atoms with Crippen LogP contribution in [0.3, 0.4) is 0 Å². The summed E-state index contributed by atoms with van der Waals surface area (Å²) in [6.07, 6.45) is 1.96. The van der Waals surface area contributed by atoms with Gasteiger partial charge in [-0.05, 0) is 25.8 Å². The van der Waals surface area contributed by atoms with Crippen LogP contribution < -0.4 is 0 Å². The fourth-order valence-electron chi connectivity index (χ4n) is 1.68. The van der Waals surface area contributed by atoms with Gasteiger partial charge in [-0.1, -0.05) is 0 Å². The van der Waals surface area contributed by atoms with Crippen LogP contribution >= 0.6 is 0 Å². The Labute approximate surface area is 88.6 Å². The van der Waals surface area contributed by atoms with Gasteiger partial charge in [-0.15, -0.1) is 0 Å². The average Bonchev–Trinajstić information content (AvgIpc) is 2.50. The van der Waals surface area contributed by atoms with Crippen molar-refractivity contribution in [2.75, 3.05) is 7.11 Å². The summed E-state index contributed by atoms with van der Waals surface area (Å²) in [6, 6.07) is 0. The highest BCUT2D eigenvalue weighted by Crippen LogP contribution is 2.19. The number of hydrogen-bond donors (Lipinski definition) is 1. The lowest BCUT2D eigenvalue weighted by Gasteiger charge is -1.99. The molecule has 4 heteroatoms. The summed E-state index contributed by atoms with van der Waals surface area (Å²) in [5.74, 6) is -0.335. The minimum atomic E-state index is -0.335. The summed E-state index contributed by atoms with van der Waals surface area (Å²) in [6.45, 7) is 3.68. The number of rotatable bonds is 4. The van der Waals surface area contributed by atoms with Gasteiger partial charge in [-0.2, -0.15) is 0 Å². The van der Waals surface area contributed by atoms with E-state index in [0.29, 0.717) is 18.4 Å². The minimum absolute atomic E-state index is 0.335. The molecule has 0 radical (unpaired) electrons. The van der Waals surface area contributed by atoms with Crippen molar-refractivity contribution < 1.29 is 14.3 Å². The molecular formula is C11H15NO3. The van der Waals surface area contributed by atoms with Crippen molar-refractivity contribution in [1.29, 1.82) is 0 Å².